The van der Waals surface area contributed by atoms with Crippen molar-refractivity contribution in [3.8, 4) is 0 Å². The van der Waals surface area contributed by atoms with Crippen LogP contribution in [0.3, 0.4) is 0 Å². The Bertz CT molecular complexity index is 729. The summed E-state index contributed by atoms with van der Waals surface area (Å²) < 4.78 is 26.3. The van der Waals surface area contributed by atoms with Crippen molar-refractivity contribution >= 4 is 5.84 Å². The fourth-order valence-electron chi connectivity index (χ4n) is 2.25. The summed E-state index contributed by atoms with van der Waals surface area (Å²) in [6.45, 7) is 0.709. The number of rotatable bonds is 5. The lowest BCUT2D eigenvalue weighted by molar-refractivity contribution is 0.508. The van der Waals surface area contributed by atoms with Gasteiger partial charge in [0, 0.05) is 36.6 Å². The van der Waals surface area contributed by atoms with Crippen LogP contribution in [-0.2, 0) is 6.42 Å². The lowest BCUT2D eigenvalue weighted by Crippen LogP contribution is -2.34. The fraction of sp³-hybridized carbons (Fsp3) is 0.176. The van der Waals surface area contributed by atoms with Crippen molar-refractivity contribution in [2.24, 2.45) is 4.99 Å². The number of pyridine rings is 1. The van der Waals surface area contributed by atoms with Crippen molar-refractivity contribution in [1.29, 1.82) is 0 Å². The Balaban J connectivity index is 1.62. The van der Waals surface area contributed by atoms with Gasteiger partial charge in [0.15, 0.2) is 11.6 Å². The summed E-state index contributed by atoms with van der Waals surface area (Å²) >= 11 is 0. The first-order valence-electron chi connectivity index (χ1n) is 7.32. The van der Waals surface area contributed by atoms with Gasteiger partial charge in [0.2, 0.25) is 0 Å². The molecule has 1 unspecified atom stereocenters. The van der Waals surface area contributed by atoms with E-state index in [1.807, 2.05) is 24.3 Å². The summed E-state index contributed by atoms with van der Waals surface area (Å²) in [4.78, 5) is 8.71. The minimum Gasteiger partial charge on any atom is -0.347 e. The van der Waals surface area contributed by atoms with Crippen LogP contribution in [0.1, 0.15) is 11.3 Å². The summed E-state index contributed by atoms with van der Waals surface area (Å²) in [6.07, 6.45) is 5.93. The second-order valence-corrected chi connectivity index (χ2v) is 5.08. The van der Waals surface area contributed by atoms with E-state index in [0.717, 1.165) is 24.2 Å². The monoisotopic (exact) mass is 314 g/mol. The normalized spacial score (nSPS) is 16.8. The van der Waals surface area contributed by atoms with E-state index in [9.17, 15) is 8.78 Å². The highest BCUT2D eigenvalue weighted by atomic mass is 19.2. The lowest BCUT2D eigenvalue weighted by Gasteiger charge is -2.18. The van der Waals surface area contributed by atoms with Crippen molar-refractivity contribution in [3.63, 3.8) is 0 Å². The molecule has 118 valence electrons. The van der Waals surface area contributed by atoms with Gasteiger partial charge in [-0.2, -0.15) is 0 Å². The molecule has 2 heterocycles. The Morgan fingerprint density at radius 1 is 1.13 bits per heavy atom. The van der Waals surface area contributed by atoms with E-state index >= 15 is 0 Å². The number of hydrogen-bond acceptors (Lipinski definition) is 4. The molecule has 1 atom stereocenters. The maximum Gasteiger partial charge on any atom is 0.159 e. The fourth-order valence-corrected chi connectivity index (χ4v) is 2.25. The Morgan fingerprint density at radius 3 is 2.83 bits per heavy atom. The van der Waals surface area contributed by atoms with Gasteiger partial charge in [0.1, 0.15) is 12.0 Å². The van der Waals surface area contributed by atoms with E-state index in [1.165, 1.54) is 6.07 Å². The number of hydrogen-bond donors (Lipinski definition) is 2. The summed E-state index contributed by atoms with van der Waals surface area (Å²) in [5.74, 6) is -1.26. The molecule has 23 heavy (non-hydrogen) atoms. The van der Waals surface area contributed by atoms with Crippen LogP contribution in [0.2, 0.25) is 0 Å². The number of aromatic nitrogens is 1. The highest BCUT2D eigenvalue weighted by molar-refractivity contribution is 6.00. The Kier molecular flexibility index (Phi) is 4.73. The number of nitrogens with zero attached hydrogens (tertiary/aromatic N) is 2. The van der Waals surface area contributed by atoms with Crippen LogP contribution in [-0.4, -0.2) is 23.5 Å². The SMILES string of the molecule is Fc1ccc(C2=NC(NCCc3ccccn3)C=CN2)cc1F. The molecule has 1 aromatic heterocycles. The number of aliphatic imine (C=N–C) groups is 1. The first-order chi connectivity index (χ1) is 11.2. The van der Waals surface area contributed by atoms with E-state index in [-0.39, 0.29) is 6.17 Å². The van der Waals surface area contributed by atoms with E-state index in [0.29, 0.717) is 17.9 Å². The summed E-state index contributed by atoms with van der Waals surface area (Å²) in [6, 6.07) is 9.52. The molecule has 1 aliphatic heterocycles. The molecular weight excluding hydrogens is 298 g/mol. The maximum atomic E-state index is 13.3. The van der Waals surface area contributed by atoms with Crippen LogP contribution >= 0.6 is 0 Å². The van der Waals surface area contributed by atoms with Crippen LogP contribution in [0, 0.1) is 11.6 Å². The van der Waals surface area contributed by atoms with Crippen LogP contribution < -0.4 is 10.6 Å². The minimum absolute atomic E-state index is 0.219. The van der Waals surface area contributed by atoms with Gasteiger partial charge in [-0.15, -0.1) is 0 Å². The largest absolute Gasteiger partial charge is 0.347 e. The Labute approximate surface area is 133 Å². The van der Waals surface area contributed by atoms with Crippen molar-refractivity contribution in [1.82, 2.24) is 15.6 Å². The molecule has 0 aliphatic carbocycles. The number of benzene rings is 1. The third-order valence-corrected chi connectivity index (χ3v) is 3.42. The van der Waals surface area contributed by atoms with Gasteiger partial charge in [-0.05, 0) is 36.4 Å². The molecule has 0 amide bonds. The van der Waals surface area contributed by atoms with E-state index in [2.05, 4.69) is 20.6 Å². The van der Waals surface area contributed by atoms with Gasteiger partial charge in [-0.1, -0.05) is 6.07 Å². The van der Waals surface area contributed by atoms with Gasteiger partial charge < -0.3 is 5.32 Å². The maximum absolute atomic E-state index is 13.3. The zero-order valence-electron chi connectivity index (χ0n) is 12.3. The topological polar surface area (TPSA) is 49.3 Å². The lowest BCUT2D eigenvalue weighted by atomic mass is 10.2. The Morgan fingerprint density at radius 2 is 2.04 bits per heavy atom. The molecule has 2 aromatic rings. The predicted molar refractivity (Wildman–Crippen MR) is 84.9 cm³/mol. The molecule has 2 N–H and O–H groups in total. The second-order valence-electron chi connectivity index (χ2n) is 5.08. The molecule has 0 radical (unpaired) electrons. The molecule has 0 fully saturated rings. The molecule has 1 aliphatic rings. The zero-order valence-corrected chi connectivity index (χ0v) is 12.3. The molecule has 0 bridgehead atoms. The highest BCUT2D eigenvalue weighted by Crippen LogP contribution is 2.11. The standard InChI is InChI=1S/C17H16F2N4/c18-14-5-4-12(11-15(14)19)17-22-10-7-16(23-17)21-9-6-13-3-1-2-8-20-13/h1-5,7-8,10-11,16,21H,6,9H2,(H,22,23). The molecule has 4 nitrogen and oxygen atoms in total. The molecule has 0 saturated carbocycles. The van der Waals surface area contributed by atoms with Gasteiger partial charge >= 0.3 is 0 Å². The van der Waals surface area contributed by atoms with Crippen LogP contribution in [0.4, 0.5) is 8.78 Å². The first-order valence-corrected chi connectivity index (χ1v) is 7.32. The summed E-state index contributed by atoms with van der Waals surface area (Å²) in [5, 5.41) is 6.22. The Hall–Kier alpha value is -2.60. The van der Waals surface area contributed by atoms with Crippen molar-refractivity contribution in [3.05, 3.63) is 77.8 Å². The van der Waals surface area contributed by atoms with Crippen LogP contribution in [0.25, 0.3) is 0 Å². The van der Waals surface area contributed by atoms with Gasteiger partial charge in [-0.25, -0.2) is 13.8 Å². The predicted octanol–water partition coefficient (Wildman–Crippen LogP) is 2.38. The third-order valence-electron chi connectivity index (χ3n) is 3.42. The number of halogens is 2. The second kappa shape index (κ2) is 7.11. The van der Waals surface area contributed by atoms with Crippen LogP contribution in [0.15, 0.2) is 59.9 Å². The van der Waals surface area contributed by atoms with Crippen LogP contribution in [0.5, 0.6) is 0 Å². The molecule has 3 rings (SSSR count). The summed E-state index contributed by atoms with van der Waals surface area (Å²) in [7, 11) is 0. The molecular formula is C17H16F2N4. The average molecular weight is 314 g/mol. The quantitative estimate of drug-likeness (QED) is 0.891. The average Bonchev–Trinajstić information content (AvgIpc) is 2.59. The van der Waals surface area contributed by atoms with E-state index in [1.54, 1.807) is 12.4 Å². The van der Waals surface area contributed by atoms with E-state index < -0.39 is 11.6 Å². The molecule has 6 heteroatoms. The van der Waals surface area contributed by atoms with Crippen molar-refractivity contribution in [2.45, 2.75) is 12.6 Å². The molecule has 1 aromatic carbocycles. The molecule has 0 spiro atoms. The first kappa shape index (κ1) is 15.3. The number of amidine groups is 1. The third kappa shape index (κ3) is 3.98. The zero-order chi connectivity index (χ0) is 16.1. The van der Waals surface area contributed by atoms with Gasteiger partial charge in [0.25, 0.3) is 0 Å². The van der Waals surface area contributed by atoms with Gasteiger partial charge in [-0.3, -0.25) is 10.3 Å². The highest BCUT2D eigenvalue weighted by Gasteiger charge is 2.12. The summed E-state index contributed by atoms with van der Waals surface area (Å²) in [5.41, 5.74) is 1.51. The molecule has 0 saturated heterocycles. The van der Waals surface area contributed by atoms with Gasteiger partial charge in [0.05, 0.1) is 0 Å². The smallest absolute Gasteiger partial charge is 0.159 e. The minimum atomic E-state index is -0.888. The van der Waals surface area contributed by atoms with Crippen molar-refractivity contribution in [2.75, 3.05) is 6.54 Å². The van der Waals surface area contributed by atoms with Crippen molar-refractivity contribution < 1.29 is 8.78 Å². The van der Waals surface area contributed by atoms with E-state index in [4.69, 9.17) is 0 Å². The number of nitrogens with one attached hydrogen (secondary N) is 2.